The molecule has 0 aromatic heterocycles. The highest BCUT2D eigenvalue weighted by Crippen LogP contribution is 2.15. The SMILES string of the molecule is C=C(N)C(C)(CN=[N+]=[N-])NC(C)(C)O. The molecule has 1 atom stereocenters. The minimum absolute atomic E-state index is 0.100. The maximum absolute atomic E-state index is 9.56. The van der Waals surface area contributed by atoms with E-state index in [1.165, 1.54) is 0 Å². The van der Waals surface area contributed by atoms with Crippen LogP contribution in [0.3, 0.4) is 0 Å². The van der Waals surface area contributed by atoms with Gasteiger partial charge >= 0.3 is 0 Å². The number of nitrogens with two attached hydrogens (primary N) is 1. The van der Waals surface area contributed by atoms with Gasteiger partial charge in [0, 0.05) is 17.2 Å². The van der Waals surface area contributed by atoms with Crippen molar-refractivity contribution in [1.29, 1.82) is 0 Å². The number of nitrogens with zero attached hydrogens (tertiary/aromatic N) is 3. The highest BCUT2D eigenvalue weighted by Gasteiger charge is 2.30. The molecule has 0 spiro atoms. The minimum atomic E-state index is -1.11. The van der Waals surface area contributed by atoms with Gasteiger partial charge in [0.15, 0.2) is 0 Å². The Kier molecular flexibility index (Phi) is 3.94. The second-order valence-corrected chi connectivity index (χ2v) is 3.93. The standard InChI is InChI=1S/C8H17N5O/c1-6(9)8(4,5-11-13-10)12-7(2,3)14/h12,14H,1,5,9H2,2-4H3. The molecule has 0 amide bonds. The van der Waals surface area contributed by atoms with Crippen LogP contribution in [0.1, 0.15) is 20.8 Å². The van der Waals surface area contributed by atoms with Crippen LogP contribution in [0.15, 0.2) is 17.4 Å². The predicted molar refractivity (Wildman–Crippen MR) is 55.2 cm³/mol. The highest BCUT2D eigenvalue weighted by atomic mass is 16.3. The molecule has 6 heteroatoms. The molecule has 0 bridgehead atoms. The van der Waals surface area contributed by atoms with Gasteiger partial charge in [-0.15, -0.1) is 0 Å². The van der Waals surface area contributed by atoms with E-state index in [4.69, 9.17) is 11.3 Å². The molecular formula is C8H17N5O. The first-order chi connectivity index (χ1) is 6.21. The Balaban J connectivity index is 4.72. The zero-order chi connectivity index (χ0) is 11.4. The van der Waals surface area contributed by atoms with Gasteiger partial charge in [0.25, 0.3) is 0 Å². The molecule has 0 aromatic carbocycles. The van der Waals surface area contributed by atoms with Gasteiger partial charge in [-0.05, 0) is 26.3 Å². The first-order valence-electron chi connectivity index (χ1n) is 4.19. The average Bonchev–Trinajstić information content (AvgIpc) is 1.97. The Morgan fingerprint density at radius 2 is 2.14 bits per heavy atom. The molecule has 0 radical (unpaired) electrons. The van der Waals surface area contributed by atoms with Crippen LogP contribution in [0.4, 0.5) is 0 Å². The topological polar surface area (TPSA) is 107 Å². The van der Waals surface area contributed by atoms with Crippen LogP contribution in [-0.2, 0) is 0 Å². The van der Waals surface area contributed by atoms with Crippen LogP contribution >= 0.6 is 0 Å². The smallest absolute Gasteiger partial charge is 0.111 e. The summed E-state index contributed by atoms with van der Waals surface area (Å²) in [5.41, 5.74) is 12.2. The Morgan fingerprint density at radius 1 is 1.64 bits per heavy atom. The van der Waals surface area contributed by atoms with Gasteiger partial charge in [-0.2, -0.15) is 0 Å². The average molecular weight is 199 g/mol. The molecule has 80 valence electrons. The number of azide groups is 1. The molecule has 0 saturated heterocycles. The third-order valence-corrected chi connectivity index (χ3v) is 1.74. The summed E-state index contributed by atoms with van der Waals surface area (Å²) in [7, 11) is 0. The van der Waals surface area contributed by atoms with Crippen LogP contribution < -0.4 is 11.1 Å². The van der Waals surface area contributed by atoms with Crippen molar-refractivity contribution in [3.05, 3.63) is 22.7 Å². The third kappa shape index (κ3) is 4.13. The highest BCUT2D eigenvalue weighted by molar-refractivity contribution is 5.13. The Bertz CT molecular complexity index is 263. The van der Waals surface area contributed by atoms with Crippen molar-refractivity contribution in [2.75, 3.05) is 6.54 Å². The monoisotopic (exact) mass is 199 g/mol. The number of rotatable bonds is 5. The van der Waals surface area contributed by atoms with Gasteiger partial charge in [-0.1, -0.05) is 11.7 Å². The molecule has 0 fully saturated rings. The van der Waals surface area contributed by atoms with E-state index in [-0.39, 0.29) is 6.54 Å². The molecular weight excluding hydrogens is 182 g/mol. The van der Waals surface area contributed by atoms with Crippen LogP contribution in [0.2, 0.25) is 0 Å². The van der Waals surface area contributed by atoms with Crippen molar-refractivity contribution in [2.45, 2.75) is 32.0 Å². The normalized spacial score (nSPS) is 15.4. The Hall–Kier alpha value is -1.23. The summed E-state index contributed by atoms with van der Waals surface area (Å²) >= 11 is 0. The fourth-order valence-corrected chi connectivity index (χ4v) is 1.07. The molecule has 0 rings (SSSR count). The molecule has 0 aliphatic carbocycles. The van der Waals surface area contributed by atoms with Crippen molar-refractivity contribution in [3.8, 4) is 0 Å². The maximum atomic E-state index is 9.56. The van der Waals surface area contributed by atoms with E-state index >= 15 is 0 Å². The number of aliphatic hydroxyl groups is 1. The van der Waals surface area contributed by atoms with Crippen molar-refractivity contribution in [2.24, 2.45) is 10.8 Å². The summed E-state index contributed by atoms with van der Waals surface area (Å²) in [6, 6.07) is 0. The molecule has 6 nitrogen and oxygen atoms in total. The summed E-state index contributed by atoms with van der Waals surface area (Å²) in [5, 5.41) is 15.8. The van der Waals surface area contributed by atoms with Gasteiger partial charge in [0.2, 0.25) is 0 Å². The van der Waals surface area contributed by atoms with Crippen molar-refractivity contribution >= 4 is 0 Å². The van der Waals surface area contributed by atoms with Crippen LogP contribution in [0.25, 0.3) is 10.4 Å². The first kappa shape index (κ1) is 12.8. The Morgan fingerprint density at radius 3 is 2.43 bits per heavy atom. The van der Waals surface area contributed by atoms with Gasteiger partial charge in [0.1, 0.15) is 5.72 Å². The van der Waals surface area contributed by atoms with Crippen molar-refractivity contribution < 1.29 is 5.11 Å². The summed E-state index contributed by atoms with van der Waals surface area (Å²) in [6.07, 6.45) is 0. The van der Waals surface area contributed by atoms with Gasteiger partial charge in [-0.25, -0.2) is 0 Å². The van der Waals surface area contributed by atoms with Crippen molar-refractivity contribution in [1.82, 2.24) is 5.32 Å². The number of nitrogens with one attached hydrogen (secondary N) is 1. The number of hydrogen-bond donors (Lipinski definition) is 3. The Labute approximate surface area is 83.4 Å². The largest absolute Gasteiger partial charge is 0.401 e. The summed E-state index contributed by atoms with van der Waals surface area (Å²) in [6.45, 7) is 8.54. The second-order valence-electron chi connectivity index (χ2n) is 3.93. The third-order valence-electron chi connectivity index (χ3n) is 1.74. The molecule has 1 unspecified atom stereocenters. The fraction of sp³-hybridized carbons (Fsp3) is 0.750. The van der Waals surface area contributed by atoms with Crippen molar-refractivity contribution in [3.63, 3.8) is 0 Å². The summed E-state index contributed by atoms with van der Waals surface area (Å²) in [5.74, 6) is 0. The van der Waals surface area contributed by atoms with Gasteiger partial charge < -0.3 is 10.8 Å². The predicted octanol–water partition coefficient (Wildman–Crippen LogP) is 0.846. The van der Waals surface area contributed by atoms with Crippen LogP contribution in [0, 0.1) is 0 Å². The molecule has 0 heterocycles. The molecule has 4 N–H and O–H groups in total. The lowest BCUT2D eigenvalue weighted by atomic mass is 9.97. The summed E-state index contributed by atoms with van der Waals surface area (Å²) < 4.78 is 0. The quantitative estimate of drug-likeness (QED) is 0.264. The lowest BCUT2D eigenvalue weighted by Crippen LogP contribution is -2.57. The van der Waals surface area contributed by atoms with E-state index in [9.17, 15) is 5.11 Å². The zero-order valence-electron chi connectivity index (χ0n) is 8.78. The maximum Gasteiger partial charge on any atom is 0.111 e. The lowest BCUT2D eigenvalue weighted by molar-refractivity contribution is 0.0199. The molecule has 14 heavy (non-hydrogen) atoms. The minimum Gasteiger partial charge on any atom is -0.401 e. The lowest BCUT2D eigenvalue weighted by Gasteiger charge is -2.35. The molecule has 0 aliphatic heterocycles. The molecule has 0 aromatic rings. The first-order valence-corrected chi connectivity index (χ1v) is 4.19. The van der Waals surface area contributed by atoms with E-state index in [1.807, 2.05) is 0 Å². The van der Waals surface area contributed by atoms with Gasteiger partial charge in [-0.3, -0.25) is 5.32 Å². The second kappa shape index (κ2) is 4.32. The van der Waals surface area contributed by atoms with E-state index in [0.717, 1.165) is 0 Å². The van der Waals surface area contributed by atoms with Gasteiger partial charge in [0.05, 0.1) is 5.54 Å². The number of hydrogen-bond acceptors (Lipinski definition) is 4. The summed E-state index contributed by atoms with van der Waals surface area (Å²) in [4.78, 5) is 2.64. The fourth-order valence-electron chi connectivity index (χ4n) is 1.07. The zero-order valence-corrected chi connectivity index (χ0v) is 8.78. The van der Waals surface area contributed by atoms with Crippen LogP contribution in [0.5, 0.6) is 0 Å². The molecule has 0 aliphatic rings. The van der Waals surface area contributed by atoms with E-state index in [2.05, 4.69) is 21.9 Å². The van der Waals surface area contributed by atoms with E-state index < -0.39 is 11.3 Å². The molecule has 0 saturated carbocycles. The van der Waals surface area contributed by atoms with Crippen LogP contribution in [-0.4, -0.2) is 22.9 Å². The van der Waals surface area contributed by atoms with E-state index in [0.29, 0.717) is 5.70 Å². The van der Waals surface area contributed by atoms with E-state index in [1.54, 1.807) is 20.8 Å².